The van der Waals surface area contributed by atoms with E-state index in [2.05, 4.69) is 23.8 Å². The lowest BCUT2D eigenvalue weighted by atomic mass is 9.84. The standard InChI is InChI=1S/C47H40N5O6P/c1-25(2)52(26(3)4)59(39(53)24-48-5)58-21-20-57-19-18-50-45(54)34-15-11-31-29-10-14-33-42-36(17-13-30(40(29)42)32-12-16-35(46(50)55)43(34)41(31)32)47(56)51-38-23-28-9-7-6-8-27(28)22-37(38)49-44(33)51/h6-17,22-23,25-26H,5,18-21,24H2,1-4H3. The van der Waals surface area contributed by atoms with E-state index in [0.717, 1.165) is 64.9 Å². The van der Waals surface area contributed by atoms with E-state index in [4.69, 9.17) is 14.2 Å². The molecule has 10 rings (SSSR count). The number of carbonyl (C=O) groups is 3. The van der Waals surface area contributed by atoms with Crippen LogP contribution in [0.5, 0.6) is 0 Å². The van der Waals surface area contributed by atoms with Gasteiger partial charge in [-0.15, -0.1) is 0 Å². The Balaban J connectivity index is 0.976. The van der Waals surface area contributed by atoms with Crippen LogP contribution in [0.25, 0.3) is 81.3 Å². The Morgan fingerprint density at radius 1 is 0.729 bits per heavy atom. The molecular weight excluding hydrogens is 762 g/mol. The number of aromatic nitrogens is 2. The smallest absolute Gasteiger partial charge is 0.264 e. The number of imidazole rings is 1. The number of ether oxygens (including phenoxy) is 1. The Morgan fingerprint density at radius 3 is 1.92 bits per heavy atom. The van der Waals surface area contributed by atoms with E-state index < -0.39 is 8.30 Å². The van der Waals surface area contributed by atoms with Crippen molar-refractivity contribution >= 4 is 114 Å². The second-order valence-electron chi connectivity index (χ2n) is 15.7. The first-order chi connectivity index (χ1) is 28.6. The van der Waals surface area contributed by atoms with Crippen molar-refractivity contribution in [1.29, 1.82) is 0 Å². The molecule has 1 aliphatic rings. The minimum Gasteiger partial charge on any atom is -0.377 e. The van der Waals surface area contributed by atoms with Crippen LogP contribution >= 0.6 is 8.30 Å². The molecule has 294 valence electrons. The molecule has 2 aromatic heterocycles. The topological polar surface area (TPSA) is 123 Å². The van der Waals surface area contributed by atoms with Crippen LogP contribution in [0, 0.1) is 0 Å². The Hall–Kier alpha value is -5.97. The number of benzene rings is 7. The highest BCUT2D eigenvalue weighted by atomic mass is 31.2. The molecule has 0 aliphatic carbocycles. The fraction of sp³-hybridized carbons (Fsp3) is 0.234. The van der Waals surface area contributed by atoms with Gasteiger partial charge in [0.15, 0.2) is 8.30 Å². The van der Waals surface area contributed by atoms with Crippen molar-refractivity contribution in [3.05, 3.63) is 106 Å². The van der Waals surface area contributed by atoms with Gasteiger partial charge in [0.25, 0.3) is 17.4 Å². The largest absolute Gasteiger partial charge is 0.377 e. The van der Waals surface area contributed by atoms with Crippen molar-refractivity contribution in [2.45, 2.75) is 39.8 Å². The summed E-state index contributed by atoms with van der Waals surface area (Å²) in [6.45, 7) is 12.1. The summed E-state index contributed by atoms with van der Waals surface area (Å²) in [6.07, 6.45) is 0. The van der Waals surface area contributed by atoms with Crippen molar-refractivity contribution in [2.24, 2.45) is 4.99 Å². The highest BCUT2D eigenvalue weighted by molar-refractivity contribution is 7.68. The van der Waals surface area contributed by atoms with Crippen LogP contribution < -0.4 is 5.56 Å². The minimum absolute atomic E-state index is 0.0211. The highest BCUT2D eigenvalue weighted by Crippen LogP contribution is 2.47. The Bertz CT molecular complexity index is 3230. The Kier molecular flexibility index (Phi) is 8.92. The van der Waals surface area contributed by atoms with Crippen LogP contribution in [-0.4, -0.2) is 88.0 Å². The third kappa shape index (κ3) is 5.56. The molecule has 3 heterocycles. The van der Waals surface area contributed by atoms with Crippen molar-refractivity contribution in [1.82, 2.24) is 19.0 Å². The molecule has 0 saturated heterocycles. The van der Waals surface area contributed by atoms with Gasteiger partial charge in [-0.3, -0.25) is 33.5 Å². The second-order valence-corrected chi connectivity index (χ2v) is 17.5. The number of pyridine rings is 1. The summed E-state index contributed by atoms with van der Waals surface area (Å²) in [5.41, 5.74) is 2.82. The number of hydrogen-bond donors (Lipinski definition) is 0. The molecule has 0 N–H and O–H groups in total. The van der Waals surface area contributed by atoms with Crippen LogP contribution in [0.1, 0.15) is 48.4 Å². The third-order valence-electron chi connectivity index (χ3n) is 11.7. The van der Waals surface area contributed by atoms with Gasteiger partial charge in [-0.05, 0) is 114 Å². The van der Waals surface area contributed by atoms with Crippen LogP contribution in [0.15, 0.2) is 94.7 Å². The molecule has 0 bridgehead atoms. The molecular formula is C47H40N5O6P. The van der Waals surface area contributed by atoms with Gasteiger partial charge in [0, 0.05) is 44.8 Å². The molecule has 11 nitrogen and oxygen atoms in total. The van der Waals surface area contributed by atoms with Gasteiger partial charge in [-0.25, -0.2) is 9.65 Å². The summed E-state index contributed by atoms with van der Waals surface area (Å²) in [5.74, 6) is -0.760. The summed E-state index contributed by atoms with van der Waals surface area (Å²) in [5, 5.41) is 10.6. The quantitative estimate of drug-likeness (QED) is 0.0283. The molecule has 0 spiro atoms. The van der Waals surface area contributed by atoms with Crippen molar-refractivity contribution in [3.63, 3.8) is 0 Å². The van der Waals surface area contributed by atoms with Gasteiger partial charge in [0.2, 0.25) is 5.52 Å². The normalized spacial score (nSPS) is 14.2. The molecule has 59 heavy (non-hydrogen) atoms. The van der Waals surface area contributed by atoms with Crippen LogP contribution in [0.3, 0.4) is 0 Å². The zero-order chi connectivity index (χ0) is 40.9. The molecule has 1 aliphatic heterocycles. The lowest BCUT2D eigenvalue weighted by Crippen LogP contribution is -2.42. The molecule has 1 unspecified atom stereocenters. The summed E-state index contributed by atoms with van der Waals surface area (Å²) in [6, 6.07) is 27.9. The first-order valence-electron chi connectivity index (χ1n) is 19.9. The van der Waals surface area contributed by atoms with E-state index in [1.807, 2.05) is 105 Å². The SMILES string of the molecule is C=NCC(=O)P(OCCOCCN1C(=O)c2ccc3c4ccc5c(=O)n6c7cc8ccccc8cc7nc6c6ccc(c7ccc(c2c37)C1=O)c4c56)N(C(C)C)C(C)C. The van der Waals surface area contributed by atoms with Gasteiger partial charge in [-0.1, -0.05) is 48.5 Å². The van der Waals surface area contributed by atoms with Gasteiger partial charge in [0.05, 0.1) is 37.4 Å². The summed E-state index contributed by atoms with van der Waals surface area (Å²) < 4.78 is 15.7. The number of aliphatic imine (C=N–C) groups is 1. The van der Waals surface area contributed by atoms with Gasteiger partial charge in [0.1, 0.15) is 12.2 Å². The maximum atomic E-state index is 14.4. The van der Waals surface area contributed by atoms with E-state index in [1.54, 1.807) is 4.40 Å². The average molecular weight is 802 g/mol. The number of fused-ring (bicyclic) bond motifs is 7. The molecule has 9 aromatic rings. The van der Waals surface area contributed by atoms with E-state index >= 15 is 0 Å². The van der Waals surface area contributed by atoms with Crippen molar-refractivity contribution in [3.8, 4) is 0 Å². The van der Waals surface area contributed by atoms with Crippen molar-refractivity contribution in [2.75, 3.05) is 32.9 Å². The predicted molar refractivity (Wildman–Crippen MR) is 237 cm³/mol. The molecule has 0 fully saturated rings. The zero-order valence-corrected chi connectivity index (χ0v) is 34.0. The molecule has 0 radical (unpaired) electrons. The maximum Gasteiger partial charge on any atom is 0.264 e. The summed E-state index contributed by atoms with van der Waals surface area (Å²) in [7, 11) is -1.57. The number of nitrogens with zero attached hydrogens (tertiary/aromatic N) is 5. The molecule has 12 heteroatoms. The monoisotopic (exact) mass is 801 g/mol. The van der Waals surface area contributed by atoms with E-state index in [-0.39, 0.29) is 67.9 Å². The van der Waals surface area contributed by atoms with Crippen molar-refractivity contribution < 1.29 is 23.6 Å². The molecule has 2 amide bonds. The number of rotatable bonds is 13. The van der Waals surface area contributed by atoms with Crippen LogP contribution in [0.4, 0.5) is 0 Å². The van der Waals surface area contributed by atoms with Gasteiger partial charge < -0.3 is 9.26 Å². The maximum absolute atomic E-state index is 14.4. The number of imide groups is 1. The predicted octanol–water partition coefficient (Wildman–Crippen LogP) is 8.93. The zero-order valence-electron chi connectivity index (χ0n) is 33.1. The molecule has 1 atom stereocenters. The van der Waals surface area contributed by atoms with E-state index in [0.29, 0.717) is 27.5 Å². The lowest BCUT2D eigenvalue weighted by molar-refractivity contribution is -0.111. The van der Waals surface area contributed by atoms with Crippen LogP contribution in [0.2, 0.25) is 0 Å². The number of amides is 2. The Morgan fingerprint density at radius 2 is 1.29 bits per heavy atom. The summed E-state index contributed by atoms with van der Waals surface area (Å²) >= 11 is 0. The van der Waals surface area contributed by atoms with E-state index in [9.17, 15) is 19.2 Å². The lowest BCUT2D eigenvalue weighted by Gasteiger charge is -2.35. The Labute approximate surface area is 339 Å². The average Bonchev–Trinajstić information content (AvgIpc) is 3.60. The fourth-order valence-electron chi connectivity index (χ4n) is 9.35. The number of carbonyl (C=O) groups excluding carboxylic acids is 3. The van der Waals surface area contributed by atoms with Crippen LogP contribution in [-0.2, 0) is 14.1 Å². The minimum atomic E-state index is -1.57. The molecule has 7 aromatic carbocycles. The van der Waals surface area contributed by atoms with Gasteiger partial charge >= 0.3 is 0 Å². The van der Waals surface area contributed by atoms with Gasteiger partial charge in [-0.2, -0.15) is 0 Å². The number of hydrogen-bond acceptors (Lipinski definition) is 9. The highest BCUT2D eigenvalue weighted by Gasteiger charge is 2.35. The summed E-state index contributed by atoms with van der Waals surface area (Å²) in [4.78, 5) is 65.5. The second kappa shape index (κ2) is 14.1. The van der Waals surface area contributed by atoms with E-state index in [1.165, 1.54) is 4.90 Å². The molecule has 0 saturated carbocycles. The fourth-order valence-corrected chi connectivity index (χ4v) is 11.2. The first kappa shape index (κ1) is 37.3. The third-order valence-corrected chi connectivity index (χ3v) is 14.0. The first-order valence-corrected chi connectivity index (χ1v) is 21.1.